The van der Waals surface area contributed by atoms with Gasteiger partial charge in [-0.1, -0.05) is 0 Å². The first-order valence-corrected chi connectivity index (χ1v) is 3.52. The lowest BCUT2D eigenvalue weighted by Gasteiger charge is -2.10. The van der Waals surface area contributed by atoms with Crippen molar-refractivity contribution in [2.24, 2.45) is 4.99 Å². The minimum absolute atomic E-state index is 0.360. The van der Waals surface area contributed by atoms with Crippen LogP contribution in [0.5, 0.6) is 0 Å². The van der Waals surface area contributed by atoms with Crippen LogP contribution < -0.4 is 16.0 Å². The fourth-order valence-electron chi connectivity index (χ4n) is 1.13. The Bertz CT molecular complexity index is 262. The van der Waals surface area contributed by atoms with E-state index in [0.717, 1.165) is 0 Å². The van der Waals surface area contributed by atoms with Gasteiger partial charge in [0.1, 0.15) is 0 Å². The zero-order chi connectivity index (χ0) is 8.55. The molecule has 63 valence electrons. The summed E-state index contributed by atoms with van der Waals surface area (Å²) in [6, 6.07) is -1.11. The summed E-state index contributed by atoms with van der Waals surface area (Å²) < 4.78 is 0. The smallest absolute Gasteiger partial charge is 0.322 e. The summed E-state index contributed by atoms with van der Waals surface area (Å²) in [5, 5.41) is 7.42. The fraction of sp³-hybridized carbons (Fsp3) is 0.333. The zero-order valence-corrected chi connectivity index (χ0v) is 6.13. The summed E-state index contributed by atoms with van der Waals surface area (Å²) in [6.07, 6.45) is 2.14. The maximum atomic E-state index is 11.0. The molecule has 12 heavy (non-hydrogen) atoms. The highest BCUT2D eigenvalue weighted by Crippen LogP contribution is 2.10. The Kier molecular flexibility index (Phi) is 1.54. The largest absolute Gasteiger partial charge is 0.322 e. The standard InChI is InChI=1S/C6H7N4O2/c11-5-3(9-6(12)10-5)4-7-1-2-8-4/h1,3,8H,2H2,(H2,9,10,11,12). The molecule has 0 aromatic rings. The molecule has 2 aliphatic rings. The summed E-state index contributed by atoms with van der Waals surface area (Å²) in [6.45, 7) is 0.606. The minimum atomic E-state index is -0.642. The van der Waals surface area contributed by atoms with Gasteiger partial charge in [-0.2, -0.15) is 0 Å². The van der Waals surface area contributed by atoms with Crippen LogP contribution in [0.3, 0.4) is 0 Å². The van der Waals surface area contributed by atoms with Crippen molar-refractivity contribution in [3.8, 4) is 0 Å². The molecule has 0 bridgehead atoms. The first-order chi connectivity index (χ1) is 5.77. The number of imide groups is 1. The molecule has 0 aliphatic carbocycles. The van der Waals surface area contributed by atoms with Crippen molar-refractivity contribution in [3.05, 3.63) is 6.17 Å². The third-order valence-corrected chi connectivity index (χ3v) is 1.65. The Hall–Kier alpha value is -1.43. The van der Waals surface area contributed by atoms with Crippen molar-refractivity contribution in [1.82, 2.24) is 16.0 Å². The van der Waals surface area contributed by atoms with Gasteiger partial charge in [-0.25, -0.2) is 4.79 Å². The fourth-order valence-corrected chi connectivity index (χ4v) is 1.13. The molecular formula is C6H7N4O2. The minimum Gasteiger partial charge on any atom is -0.322 e. The molecule has 6 heteroatoms. The molecule has 3 N–H and O–H groups in total. The molecule has 2 heterocycles. The van der Waals surface area contributed by atoms with Crippen molar-refractivity contribution < 1.29 is 9.59 Å². The molecule has 0 saturated carbocycles. The van der Waals surface area contributed by atoms with Crippen LogP contribution in [0.4, 0.5) is 4.79 Å². The number of amides is 3. The molecule has 2 rings (SSSR count). The van der Waals surface area contributed by atoms with E-state index in [1.807, 2.05) is 0 Å². The highest BCUT2D eigenvalue weighted by atomic mass is 16.2. The molecule has 6 nitrogen and oxygen atoms in total. The first-order valence-electron chi connectivity index (χ1n) is 3.52. The highest BCUT2D eigenvalue weighted by Gasteiger charge is 2.37. The number of rotatable bonds is 1. The van der Waals surface area contributed by atoms with Gasteiger partial charge in [0.25, 0.3) is 5.91 Å². The van der Waals surface area contributed by atoms with E-state index >= 15 is 0 Å². The Labute approximate surface area is 68.4 Å². The lowest BCUT2D eigenvalue weighted by atomic mass is 10.2. The maximum Gasteiger partial charge on any atom is 0.322 e. The van der Waals surface area contributed by atoms with Gasteiger partial charge in [0.05, 0.1) is 0 Å². The van der Waals surface area contributed by atoms with Crippen molar-refractivity contribution in [1.29, 1.82) is 0 Å². The summed E-state index contributed by atoms with van der Waals surface area (Å²) in [5.41, 5.74) is 0. The molecule has 1 saturated heterocycles. The number of hydrogen-bond acceptors (Lipinski definition) is 4. The molecule has 2 aliphatic heterocycles. The van der Waals surface area contributed by atoms with Crippen molar-refractivity contribution in [2.75, 3.05) is 6.54 Å². The van der Waals surface area contributed by atoms with Crippen LogP contribution in [-0.2, 0) is 4.79 Å². The van der Waals surface area contributed by atoms with Crippen molar-refractivity contribution in [2.45, 2.75) is 6.04 Å². The Balaban J connectivity index is 2.08. The van der Waals surface area contributed by atoms with Crippen LogP contribution in [0.1, 0.15) is 0 Å². The maximum absolute atomic E-state index is 11.0. The number of aliphatic imine (C=N–C) groups is 1. The SMILES string of the molecule is O=C1NC(=O)C([C]2N=CCN2)N1. The second-order valence-electron chi connectivity index (χ2n) is 2.47. The van der Waals surface area contributed by atoms with Crippen LogP contribution >= 0.6 is 0 Å². The molecule has 1 atom stereocenters. The molecular weight excluding hydrogens is 160 g/mol. The summed E-state index contributed by atoms with van der Waals surface area (Å²) in [4.78, 5) is 25.6. The number of nitrogens with zero attached hydrogens (tertiary/aromatic N) is 1. The number of hydrogen-bond donors (Lipinski definition) is 3. The number of carbonyl (C=O) groups is 2. The van der Waals surface area contributed by atoms with Crippen LogP contribution in [0, 0.1) is 6.17 Å². The third-order valence-electron chi connectivity index (χ3n) is 1.65. The molecule has 1 radical (unpaired) electrons. The second kappa shape index (κ2) is 2.56. The predicted molar refractivity (Wildman–Crippen MR) is 40.2 cm³/mol. The first kappa shape index (κ1) is 7.23. The summed E-state index contributed by atoms with van der Waals surface area (Å²) in [5.74, 6) is -0.360. The quantitative estimate of drug-likeness (QED) is 0.409. The van der Waals surface area contributed by atoms with E-state index in [2.05, 4.69) is 20.9 Å². The molecule has 1 unspecified atom stereocenters. The van der Waals surface area contributed by atoms with Gasteiger partial charge >= 0.3 is 6.03 Å². The van der Waals surface area contributed by atoms with Crippen LogP contribution in [0.25, 0.3) is 0 Å². The van der Waals surface area contributed by atoms with Crippen LogP contribution in [0.2, 0.25) is 0 Å². The van der Waals surface area contributed by atoms with Gasteiger partial charge in [0, 0.05) is 12.8 Å². The topological polar surface area (TPSA) is 82.6 Å². The van der Waals surface area contributed by atoms with E-state index in [-0.39, 0.29) is 5.91 Å². The van der Waals surface area contributed by atoms with Gasteiger partial charge < -0.3 is 5.32 Å². The lowest BCUT2D eigenvalue weighted by Crippen LogP contribution is -2.39. The summed E-state index contributed by atoms with van der Waals surface area (Å²) in [7, 11) is 0. The van der Waals surface area contributed by atoms with Gasteiger partial charge in [-0.3, -0.25) is 20.4 Å². The van der Waals surface area contributed by atoms with E-state index in [1.165, 1.54) is 0 Å². The van der Waals surface area contributed by atoms with E-state index in [9.17, 15) is 9.59 Å². The monoisotopic (exact) mass is 167 g/mol. The molecule has 0 spiro atoms. The number of urea groups is 1. The predicted octanol–water partition coefficient (Wildman–Crippen LogP) is -1.64. The van der Waals surface area contributed by atoms with Crippen molar-refractivity contribution >= 4 is 18.2 Å². The third kappa shape index (κ3) is 1.06. The zero-order valence-electron chi connectivity index (χ0n) is 6.13. The molecule has 0 aromatic carbocycles. The van der Waals surface area contributed by atoms with Gasteiger partial charge in [0.2, 0.25) is 0 Å². The Morgan fingerprint density at radius 1 is 1.50 bits per heavy atom. The Morgan fingerprint density at radius 2 is 2.33 bits per heavy atom. The van der Waals surface area contributed by atoms with Crippen LogP contribution in [0.15, 0.2) is 4.99 Å². The van der Waals surface area contributed by atoms with Gasteiger partial charge in [0.15, 0.2) is 12.2 Å². The average molecular weight is 167 g/mol. The molecule has 0 aromatic heterocycles. The van der Waals surface area contributed by atoms with Gasteiger partial charge in [-0.05, 0) is 0 Å². The van der Waals surface area contributed by atoms with E-state index in [0.29, 0.717) is 12.7 Å². The van der Waals surface area contributed by atoms with Crippen molar-refractivity contribution in [3.63, 3.8) is 0 Å². The normalized spacial score (nSPS) is 29.2. The van der Waals surface area contributed by atoms with Gasteiger partial charge in [-0.15, -0.1) is 0 Å². The lowest BCUT2D eigenvalue weighted by molar-refractivity contribution is -0.119. The summed E-state index contributed by atoms with van der Waals surface area (Å²) >= 11 is 0. The second-order valence-corrected chi connectivity index (χ2v) is 2.47. The highest BCUT2D eigenvalue weighted by molar-refractivity contribution is 6.05. The van der Waals surface area contributed by atoms with E-state index < -0.39 is 12.1 Å². The van der Waals surface area contributed by atoms with E-state index in [1.54, 1.807) is 6.21 Å². The Morgan fingerprint density at radius 3 is 2.83 bits per heavy atom. The van der Waals surface area contributed by atoms with E-state index in [4.69, 9.17) is 0 Å². The molecule has 3 amide bonds. The van der Waals surface area contributed by atoms with Crippen LogP contribution in [-0.4, -0.2) is 30.7 Å². The average Bonchev–Trinajstić information content (AvgIpc) is 2.58. The number of nitrogens with one attached hydrogen (secondary N) is 3. The number of carbonyl (C=O) groups excluding carboxylic acids is 2. The molecule has 1 fully saturated rings.